The minimum absolute atomic E-state index is 0.0192. The van der Waals surface area contributed by atoms with E-state index in [0.29, 0.717) is 47.3 Å². The summed E-state index contributed by atoms with van der Waals surface area (Å²) in [7, 11) is -3.69. The maximum absolute atomic E-state index is 13.6. The number of amides is 1. The summed E-state index contributed by atoms with van der Waals surface area (Å²) in [6.07, 6.45) is 5.68. The van der Waals surface area contributed by atoms with Gasteiger partial charge in [-0.3, -0.25) is 9.52 Å². The fraction of sp³-hybridized carbons (Fsp3) is 0.577. The Balaban J connectivity index is 1.26. The highest BCUT2D eigenvalue weighted by Gasteiger charge is 2.52. The van der Waals surface area contributed by atoms with Crippen molar-refractivity contribution in [2.75, 3.05) is 65.0 Å². The lowest BCUT2D eigenvalue weighted by Crippen LogP contribution is -2.71. The van der Waals surface area contributed by atoms with Crippen LogP contribution in [-0.4, -0.2) is 80.1 Å². The third-order valence-electron chi connectivity index (χ3n) is 8.44. The van der Waals surface area contributed by atoms with E-state index in [4.69, 9.17) is 9.84 Å². The number of piperidine rings is 1. The first kappa shape index (κ1) is 25.3. The Labute approximate surface area is 222 Å². The number of rotatable bonds is 8. The number of aromatic nitrogens is 2. The van der Waals surface area contributed by atoms with Crippen LogP contribution in [0.3, 0.4) is 0 Å². The zero-order valence-corrected chi connectivity index (χ0v) is 22.4. The molecule has 2 spiro atoms. The molecule has 1 saturated carbocycles. The molecule has 4 aliphatic rings. The van der Waals surface area contributed by atoms with Gasteiger partial charge >= 0.3 is 0 Å². The quantitative estimate of drug-likeness (QED) is 0.458. The molecule has 1 amide bonds. The van der Waals surface area contributed by atoms with Crippen molar-refractivity contribution >= 4 is 39.1 Å². The van der Waals surface area contributed by atoms with Crippen molar-refractivity contribution in [2.45, 2.75) is 44.6 Å². The summed E-state index contributed by atoms with van der Waals surface area (Å²) in [5, 5.41) is 12.0. The number of carbonyl (C=O) groups is 1. The molecule has 12 heteroatoms. The monoisotopic (exact) mass is 542 g/mol. The Bertz CT molecular complexity index is 1340. The Morgan fingerprint density at radius 3 is 2.45 bits per heavy atom. The lowest BCUT2D eigenvalue weighted by atomic mass is 9.83. The van der Waals surface area contributed by atoms with Crippen molar-refractivity contribution in [3.63, 3.8) is 0 Å². The molecule has 3 saturated heterocycles. The van der Waals surface area contributed by atoms with Gasteiger partial charge in [-0.25, -0.2) is 13.4 Å². The molecule has 3 aliphatic heterocycles. The number of hydrogen-bond donors (Lipinski definition) is 3. The molecule has 1 aliphatic carbocycles. The highest BCUT2D eigenvalue weighted by Crippen LogP contribution is 2.54. The lowest BCUT2D eigenvalue weighted by molar-refractivity contribution is -0.0856. The molecule has 2 aromatic rings. The summed E-state index contributed by atoms with van der Waals surface area (Å²) in [5.41, 5.74) is 2.69. The molecule has 4 fully saturated rings. The number of aryl methyl sites for hydroxylation is 1. The molecule has 1 aromatic carbocycles. The topological polar surface area (TPSA) is 137 Å². The summed E-state index contributed by atoms with van der Waals surface area (Å²) >= 11 is 0. The van der Waals surface area contributed by atoms with Crippen LogP contribution in [0.25, 0.3) is 0 Å². The van der Waals surface area contributed by atoms with Crippen LogP contribution in [0.1, 0.15) is 48.2 Å². The van der Waals surface area contributed by atoms with Gasteiger partial charge in [0.2, 0.25) is 16.0 Å². The number of ether oxygens (including phenoxy) is 1. The number of anilines is 4. The second-order valence-corrected chi connectivity index (χ2v) is 13.0. The van der Waals surface area contributed by atoms with Gasteiger partial charge in [0, 0.05) is 31.4 Å². The van der Waals surface area contributed by atoms with Gasteiger partial charge in [0.15, 0.2) is 0 Å². The van der Waals surface area contributed by atoms with Crippen LogP contribution in [0.15, 0.2) is 24.3 Å². The van der Waals surface area contributed by atoms with Crippen LogP contribution in [0.2, 0.25) is 0 Å². The summed E-state index contributed by atoms with van der Waals surface area (Å²) in [4.78, 5) is 27.2. The summed E-state index contributed by atoms with van der Waals surface area (Å²) < 4.78 is 32.5. The van der Waals surface area contributed by atoms with E-state index in [2.05, 4.69) is 29.8 Å². The number of nitrogens with one attached hydrogen (secondary N) is 2. The highest BCUT2D eigenvalue weighted by atomic mass is 32.2. The number of benzene rings is 1. The number of aliphatic hydroxyl groups excluding tert-OH is 1. The van der Waals surface area contributed by atoms with Crippen molar-refractivity contribution < 1.29 is 23.1 Å². The molecule has 4 heterocycles. The van der Waals surface area contributed by atoms with Gasteiger partial charge in [-0.1, -0.05) is 0 Å². The number of nitrogens with zero attached hydrogens (tertiary/aromatic N) is 4. The first-order valence-corrected chi connectivity index (χ1v) is 14.9. The van der Waals surface area contributed by atoms with Gasteiger partial charge in [0.05, 0.1) is 48.1 Å². The maximum atomic E-state index is 13.6. The van der Waals surface area contributed by atoms with E-state index in [1.807, 2.05) is 6.92 Å². The van der Waals surface area contributed by atoms with Gasteiger partial charge in [0.1, 0.15) is 5.82 Å². The van der Waals surface area contributed by atoms with Crippen LogP contribution in [0.4, 0.5) is 23.1 Å². The Morgan fingerprint density at radius 1 is 1.08 bits per heavy atom. The SMILES string of the molecule is Cc1cc(NC(=O)c2ccc(NS(=O)(=O)CCO)cc2N2CCC3(CC2)CC3)nc(N2CCC23COC3)n1. The average Bonchev–Trinajstić information content (AvgIpc) is 3.56. The predicted molar refractivity (Wildman–Crippen MR) is 144 cm³/mol. The van der Waals surface area contributed by atoms with Gasteiger partial charge < -0.3 is 25.0 Å². The van der Waals surface area contributed by atoms with Crippen LogP contribution >= 0.6 is 0 Å². The van der Waals surface area contributed by atoms with E-state index >= 15 is 0 Å². The van der Waals surface area contributed by atoms with Gasteiger partial charge in [-0.05, 0) is 62.6 Å². The zero-order valence-electron chi connectivity index (χ0n) is 21.6. The van der Waals surface area contributed by atoms with Crippen molar-refractivity contribution in [3.05, 3.63) is 35.5 Å². The summed E-state index contributed by atoms with van der Waals surface area (Å²) in [5.74, 6) is 0.311. The Morgan fingerprint density at radius 2 is 1.84 bits per heavy atom. The minimum Gasteiger partial charge on any atom is -0.395 e. The first-order valence-electron chi connectivity index (χ1n) is 13.2. The maximum Gasteiger partial charge on any atom is 0.258 e. The fourth-order valence-corrected chi connectivity index (χ4v) is 6.54. The molecular formula is C26H34N6O5S. The second-order valence-electron chi connectivity index (χ2n) is 11.1. The van der Waals surface area contributed by atoms with E-state index in [-0.39, 0.29) is 11.4 Å². The standard InChI is InChI=1S/C26H34N6O5S/c1-18-14-22(29-24(27-18)32-11-8-26(32)16-37-17-26)28-23(34)20-3-2-19(30-38(35,36)13-12-33)15-21(20)31-9-6-25(4-5-25)7-10-31/h2-3,14-15,30,33H,4-13,16-17H2,1H3,(H,27,28,29,34). The van der Waals surface area contributed by atoms with Crippen molar-refractivity contribution in [1.29, 1.82) is 0 Å². The smallest absolute Gasteiger partial charge is 0.258 e. The highest BCUT2D eigenvalue weighted by molar-refractivity contribution is 7.92. The normalized spacial score (nSPS) is 21.1. The summed E-state index contributed by atoms with van der Waals surface area (Å²) in [6, 6.07) is 6.69. The number of sulfonamides is 1. The molecule has 3 N–H and O–H groups in total. The molecule has 1 aromatic heterocycles. The van der Waals surface area contributed by atoms with E-state index in [0.717, 1.165) is 44.6 Å². The molecule has 11 nitrogen and oxygen atoms in total. The predicted octanol–water partition coefficient (Wildman–Crippen LogP) is 2.13. The first-order chi connectivity index (χ1) is 18.2. The van der Waals surface area contributed by atoms with E-state index in [1.54, 1.807) is 24.3 Å². The molecule has 38 heavy (non-hydrogen) atoms. The average molecular weight is 543 g/mol. The Hall–Kier alpha value is -2.96. The van der Waals surface area contributed by atoms with Crippen molar-refractivity contribution in [2.24, 2.45) is 5.41 Å². The number of hydrogen-bond acceptors (Lipinski definition) is 9. The van der Waals surface area contributed by atoms with Gasteiger partial charge in [-0.15, -0.1) is 0 Å². The van der Waals surface area contributed by atoms with Crippen LogP contribution in [0.5, 0.6) is 0 Å². The number of aliphatic hydroxyl groups is 1. The fourth-order valence-electron chi connectivity index (χ4n) is 5.71. The van der Waals surface area contributed by atoms with E-state index < -0.39 is 22.4 Å². The third-order valence-corrected chi connectivity index (χ3v) is 9.70. The molecule has 0 atom stereocenters. The summed E-state index contributed by atoms with van der Waals surface area (Å²) in [6.45, 7) is 5.22. The largest absolute Gasteiger partial charge is 0.395 e. The van der Waals surface area contributed by atoms with Crippen molar-refractivity contribution in [3.8, 4) is 0 Å². The third kappa shape index (κ3) is 4.80. The Kier molecular flexibility index (Phi) is 6.23. The van der Waals surface area contributed by atoms with Crippen LogP contribution < -0.4 is 19.8 Å². The van der Waals surface area contributed by atoms with Crippen LogP contribution in [0, 0.1) is 12.3 Å². The van der Waals surface area contributed by atoms with Gasteiger partial charge in [0.25, 0.3) is 5.91 Å². The molecule has 6 rings (SSSR count). The van der Waals surface area contributed by atoms with E-state index in [9.17, 15) is 13.2 Å². The minimum atomic E-state index is -3.69. The molecule has 204 valence electrons. The van der Waals surface area contributed by atoms with Crippen molar-refractivity contribution in [1.82, 2.24) is 9.97 Å². The van der Waals surface area contributed by atoms with Gasteiger partial charge in [-0.2, -0.15) is 4.98 Å². The van der Waals surface area contributed by atoms with Crippen LogP contribution in [-0.2, 0) is 14.8 Å². The zero-order chi connectivity index (χ0) is 26.5. The molecule has 0 radical (unpaired) electrons. The second kappa shape index (κ2) is 9.35. The molecular weight excluding hydrogens is 508 g/mol. The number of carbonyl (C=O) groups excluding carboxylic acids is 1. The molecule has 0 unspecified atom stereocenters. The lowest BCUT2D eigenvalue weighted by Gasteiger charge is -2.57. The molecule has 0 bridgehead atoms. The van der Waals surface area contributed by atoms with E-state index in [1.165, 1.54) is 12.8 Å².